The monoisotopic (exact) mass is 442 g/mol. The molecule has 1 aliphatic heterocycles. The van der Waals surface area contributed by atoms with Gasteiger partial charge in [-0.15, -0.1) is 0 Å². The summed E-state index contributed by atoms with van der Waals surface area (Å²) in [6.45, 7) is 7.72. The Labute approximate surface area is 190 Å². The fourth-order valence-corrected chi connectivity index (χ4v) is 4.13. The van der Waals surface area contributed by atoms with Crippen LogP contribution in [0.15, 0.2) is 35.5 Å². The molecule has 8 heteroatoms. The Balaban J connectivity index is 1.59. The first-order chi connectivity index (χ1) is 14.9. The first kappa shape index (κ1) is 23.5. The van der Waals surface area contributed by atoms with E-state index in [0.717, 1.165) is 67.1 Å². The summed E-state index contributed by atoms with van der Waals surface area (Å²) in [6, 6.07) is 9.93. The fourth-order valence-electron chi connectivity index (χ4n) is 3.30. The smallest absolute Gasteiger partial charge is 0.251 e. The molecule has 7 nitrogen and oxygen atoms in total. The number of carbonyl (C=O) groups is 1. The lowest BCUT2D eigenvalue weighted by Gasteiger charge is -2.33. The molecule has 31 heavy (non-hydrogen) atoms. The van der Waals surface area contributed by atoms with Crippen molar-refractivity contribution in [2.24, 2.45) is 0 Å². The Hall–Kier alpha value is -2.16. The summed E-state index contributed by atoms with van der Waals surface area (Å²) in [7, 11) is 6.15. The molecule has 0 spiro atoms. The number of piperazine rings is 1. The first-order valence-electron chi connectivity index (χ1n) is 10.9. The number of amides is 1. The molecule has 0 atom stereocenters. The third-order valence-corrected chi connectivity index (χ3v) is 6.28. The van der Waals surface area contributed by atoms with E-state index >= 15 is 0 Å². The second-order valence-corrected chi connectivity index (χ2v) is 9.13. The van der Waals surface area contributed by atoms with E-state index in [2.05, 4.69) is 35.2 Å². The lowest BCUT2D eigenvalue weighted by Crippen LogP contribution is -2.44. The summed E-state index contributed by atoms with van der Waals surface area (Å²) < 4.78 is 0. The standard InChI is InChI=1S/C23H34N6OS/c1-5-20-16-21(29-14-12-28(4)13-15-29)26-23(25-20)31-17-18-6-8-19(9-7-18)22(30)24-10-11-27(2)3/h6-9,16H,5,10-15,17H2,1-4H3,(H,24,30). The van der Waals surface area contributed by atoms with Crippen LogP contribution in [0.1, 0.15) is 28.5 Å². The Morgan fingerprint density at radius 1 is 1.13 bits per heavy atom. The highest BCUT2D eigenvalue weighted by atomic mass is 32.2. The largest absolute Gasteiger partial charge is 0.354 e. The number of hydrogen-bond acceptors (Lipinski definition) is 7. The molecule has 1 aliphatic rings. The van der Waals surface area contributed by atoms with Crippen LogP contribution in [0.5, 0.6) is 0 Å². The van der Waals surface area contributed by atoms with Crippen LogP contribution in [-0.2, 0) is 12.2 Å². The number of likely N-dealkylation sites (N-methyl/N-ethyl adjacent to an activating group) is 2. The number of rotatable bonds is 9. The predicted octanol–water partition coefficient (Wildman–Crippen LogP) is 2.37. The maximum atomic E-state index is 12.2. The Kier molecular flexibility index (Phi) is 8.69. The molecule has 0 unspecified atom stereocenters. The van der Waals surface area contributed by atoms with E-state index in [-0.39, 0.29) is 5.91 Å². The second-order valence-electron chi connectivity index (χ2n) is 8.19. The highest BCUT2D eigenvalue weighted by molar-refractivity contribution is 7.98. The van der Waals surface area contributed by atoms with Gasteiger partial charge in [0.1, 0.15) is 5.82 Å². The molecule has 0 radical (unpaired) electrons. The molecule has 2 heterocycles. The van der Waals surface area contributed by atoms with Crippen molar-refractivity contribution in [3.05, 3.63) is 47.2 Å². The SMILES string of the molecule is CCc1cc(N2CCN(C)CC2)nc(SCc2ccc(C(=O)NCCN(C)C)cc2)n1. The first-order valence-corrected chi connectivity index (χ1v) is 11.9. The molecule has 1 fully saturated rings. The number of aryl methyl sites for hydroxylation is 1. The zero-order valence-corrected chi connectivity index (χ0v) is 19.9. The van der Waals surface area contributed by atoms with Crippen LogP contribution in [0, 0.1) is 0 Å². The van der Waals surface area contributed by atoms with Gasteiger partial charge in [-0.3, -0.25) is 4.79 Å². The molecule has 1 aromatic carbocycles. The van der Waals surface area contributed by atoms with Crippen molar-refractivity contribution in [2.45, 2.75) is 24.3 Å². The highest BCUT2D eigenvalue weighted by Crippen LogP contribution is 2.24. The molecule has 1 aromatic heterocycles. The number of nitrogens with one attached hydrogen (secondary N) is 1. The van der Waals surface area contributed by atoms with Gasteiger partial charge in [0, 0.05) is 62.3 Å². The molecule has 0 bridgehead atoms. The van der Waals surface area contributed by atoms with Crippen molar-refractivity contribution in [2.75, 3.05) is 65.3 Å². The Bertz CT molecular complexity index is 850. The maximum Gasteiger partial charge on any atom is 0.251 e. The summed E-state index contributed by atoms with van der Waals surface area (Å²) in [5, 5.41) is 3.77. The Morgan fingerprint density at radius 3 is 2.48 bits per heavy atom. The summed E-state index contributed by atoms with van der Waals surface area (Å²) in [6.07, 6.45) is 0.897. The minimum atomic E-state index is -0.0307. The van der Waals surface area contributed by atoms with E-state index in [1.807, 2.05) is 43.3 Å². The molecule has 0 aliphatic carbocycles. The Morgan fingerprint density at radius 2 is 1.84 bits per heavy atom. The summed E-state index contributed by atoms with van der Waals surface area (Å²) >= 11 is 1.65. The van der Waals surface area contributed by atoms with E-state index in [1.54, 1.807) is 11.8 Å². The summed E-state index contributed by atoms with van der Waals surface area (Å²) in [5.74, 6) is 1.78. The maximum absolute atomic E-state index is 12.2. The van der Waals surface area contributed by atoms with E-state index in [0.29, 0.717) is 12.1 Å². The van der Waals surface area contributed by atoms with Crippen LogP contribution in [0.25, 0.3) is 0 Å². The number of anilines is 1. The van der Waals surface area contributed by atoms with Crippen molar-refractivity contribution >= 4 is 23.5 Å². The summed E-state index contributed by atoms with van der Waals surface area (Å²) in [5.41, 5.74) is 2.92. The molecule has 1 N–H and O–H groups in total. The van der Waals surface area contributed by atoms with Gasteiger partial charge in [0.25, 0.3) is 5.91 Å². The lowest BCUT2D eigenvalue weighted by atomic mass is 10.1. The summed E-state index contributed by atoms with van der Waals surface area (Å²) in [4.78, 5) is 28.5. The third kappa shape index (κ3) is 7.19. The van der Waals surface area contributed by atoms with Gasteiger partial charge >= 0.3 is 0 Å². The van der Waals surface area contributed by atoms with Gasteiger partial charge in [0.2, 0.25) is 0 Å². The molecular formula is C23H34N6OS. The number of hydrogen-bond donors (Lipinski definition) is 1. The average molecular weight is 443 g/mol. The molecule has 168 valence electrons. The number of aromatic nitrogens is 2. The normalized spacial score (nSPS) is 14.8. The minimum absolute atomic E-state index is 0.0307. The number of benzene rings is 1. The molecular weight excluding hydrogens is 408 g/mol. The van der Waals surface area contributed by atoms with Crippen LogP contribution in [0.3, 0.4) is 0 Å². The van der Waals surface area contributed by atoms with Gasteiger partial charge in [0.15, 0.2) is 5.16 Å². The van der Waals surface area contributed by atoms with Gasteiger partial charge in [-0.05, 0) is 45.3 Å². The van der Waals surface area contributed by atoms with E-state index < -0.39 is 0 Å². The number of nitrogens with zero attached hydrogens (tertiary/aromatic N) is 5. The molecule has 1 amide bonds. The quantitative estimate of drug-likeness (QED) is 0.472. The minimum Gasteiger partial charge on any atom is -0.354 e. The molecule has 1 saturated heterocycles. The van der Waals surface area contributed by atoms with Crippen LogP contribution in [-0.4, -0.2) is 86.1 Å². The molecule has 3 rings (SSSR count). The third-order valence-electron chi connectivity index (χ3n) is 5.36. The van der Waals surface area contributed by atoms with Crippen molar-refractivity contribution < 1.29 is 4.79 Å². The van der Waals surface area contributed by atoms with E-state index in [1.165, 1.54) is 0 Å². The van der Waals surface area contributed by atoms with Gasteiger partial charge in [-0.2, -0.15) is 0 Å². The fraction of sp³-hybridized carbons (Fsp3) is 0.522. The van der Waals surface area contributed by atoms with Crippen LogP contribution in [0.2, 0.25) is 0 Å². The van der Waals surface area contributed by atoms with Crippen molar-refractivity contribution in [1.29, 1.82) is 0 Å². The topological polar surface area (TPSA) is 64.6 Å². The second kappa shape index (κ2) is 11.5. The van der Waals surface area contributed by atoms with E-state index in [4.69, 9.17) is 9.97 Å². The highest BCUT2D eigenvalue weighted by Gasteiger charge is 2.17. The van der Waals surface area contributed by atoms with Crippen molar-refractivity contribution in [1.82, 2.24) is 25.1 Å². The van der Waals surface area contributed by atoms with Crippen molar-refractivity contribution in [3.63, 3.8) is 0 Å². The zero-order valence-electron chi connectivity index (χ0n) is 19.1. The lowest BCUT2D eigenvalue weighted by molar-refractivity contribution is 0.0951. The van der Waals surface area contributed by atoms with Gasteiger partial charge in [-0.1, -0.05) is 30.8 Å². The zero-order chi connectivity index (χ0) is 22.2. The van der Waals surface area contributed by atoms with Crippen LogP contribution >= 0.6 is 11.8 Å². The van der Waals surface area contributed by atoms with Crippen molar-refractivity contribution in [3.8, 4) is 0 Å². The van der Waals surface area contributed by atoms with Crippen LogP contribution in [0.4, 0.5) is 5.82 Å². The van der Waals surface area contributed by atoms with E-state index in [9.17, 15) is 4.79 Å². The van der Waals surface area contributed by atoms with Gasteiger partial charge < -0.3 is 20.0 Å². The average Bonchev–Trinajstić information content (AvgIpc) is 2.78. The number of carbonyl (C=O) groups excluding carboxylic acids is 1. The predicted molar refractivity (Wildman–Crippen MR) is 128 cm³/mol. The molecule has 2 aromatic rings. The molecule has 0 saturated carbocycles. The van der Waals surface area contributed by atoms with Gasteiger partial charge in [0.05, 0.1) is 0 Å². The van der Waals surface area contributed by atoms with Gasteiger partial charge in [-0.25, -0.2) is 9.97 Å². The van der Waals surface area contributed by atoms with Crippen LogP contribution < -0.4 is 10.2 Å². The number of thioether (sulfide) groups is 1.